The van der Waals surface area contributed by atoms with Crippen molar-refractivity contribution in [1.82, 2.24) is 19.1 Å². The number of hydrogen-bond acceptors (Lipinski definition) is 4. The Hall–Kier alpha value is -4.13. The number of aromatic amines is 1. The Kier molecular flexibility index (Phi) is 4.63. The van der Waals surface area contributed by atoms with Crippen LogP contribution in [0.25, 0.3) is 21.9 Å². The lowest BCUT2D eigenvalue weighted by Gasteiger charge is -2.12. The normalized spacial score (nSPS) is 11.3. The van der Waals surface area contributed by atoms with E-state index in [9.17, 15) is 9.59 Å². The van der Waals surface area contributed by atoms with Gasteiger partial charge in [0.2, 0.25) is 5.95 Å². The second kappa shape index (κ2) is 7.60. The maximum absolute atomic E-state index is 12.8. The third-order valence-corrected chi connectivity index (χ3v) is 5.51. The van der Waals surface area contributed by atoms with Crippen LogP contribution in [0.1, 0.15) is 11.1 Å². The summed E-state index contributed by atoms with van der Waals surface area (Å²) in [6, 6.07) is 24.2. The summed E-state index contributed by atoms with van der Waals surface area (Å²) in [6.45, 7) is 0.988. The Morgan fingerprint density at radius 1 is 0.935 bits per heavy atom. The minimum atomic E-state index is -0.484. The third kappa shape index (κ3) is 3.40. The Balaban J connectivity index is 1.66. The van der Waals surface area contributed by atoms with Crippen molar-refractivity contribution < 1.29 is 0 Å². The van der Waals surface area contributed by atoms with Gasteiger partial charge in [0.05, 0.1) is 6.54 Å². The van der Waals surface area contributed by atoms with Crippen molar-refractivity contribution >= 4 is 27.9 Å². The molecule has 7 heteroatoms. The highest BCUT2D eigenvalue weighted by Gasteiger charge is 2.18. The first-order valence-corrected chi connectivity index (χ1v) is 10.1. The molecule has 0 fully saturated rings. The van der Waals surface area contributed by atoms with Gasteiger partial charge in [-0.15, -0.1) is 0 Å². The van der Waals surface area contributed by atoms with E-state index in [-0.39, 0.29) is 0 Å². The molecule has 0 spiro atoms. The molecule has 0 radical (unpaired) electrons. The maximum Gasteiger partial charge on any atom is 0.329 e. The summed E-state index contributed by atoms with van der Waals surface area (Å²) < 4.78 is 3.21. The zero-order valence-corrected chi connectivity index (χ0v) is 17.0. The van der Waals surface area contributed by atoms with E-state index >= 15 is 0 Å². The van der Waals surface area contributed by atoms with E-state index in [2.05, 4.69) is 33.5 Å². The van der Waals surface area contributed by atoms with Crippen LogP contribution in [0.2, 0.25) is 0 Å². The first kappa shape index (κ1) is 18.9. The molecule has 3 aromatic carbocycles. The average molecular weight is 411 g/mol. The molecule has 0 saturated carbocycles. The van der Waals surface area contributed by atoms with Gasteiger partial charge in [-0.25, -0.2) is 4.79 Å². The van der Waals surface area contributed by atoms with E-state index in [0.29, 0.717) is 30.2 Å². The topological polar surface area (TPSA) is 84.7 Å². The summed E-state index contributed by atoms with van der Waals surface area (Å²) in [5, 5.41) is 5.59. The van der Waals surface area contributed by atoms with Gasteiger partial charge in [0.25, 0.3) is 5.56 Å². The first-order valence-electron chi connectivity index (χ1n) is 10.1. The van der Waals surface area contributed by atoms with Crippen LogP contribution in [0, 0.1) is 0 Å². The van der Waals surface area contributed by atoms with Crippen molar-refractivity contribution in [3.05, 3.63) is 105 Å². The lowest BCUT2D eigenvalue weighted by Crippen LogP contribution is -2.29. The Labute approximate surface area is 177 Å². The summed E-state index contributed by atoms with van der Waals surface area (Å²) in [7, 11) is 1.61. The largest absolute Gasteiger partial charge is 0.351 e. The maximum atomic E-state index is 12.8. The SMILES string of the molecule is Cn1c(=O)[nH]c(=O)c2c1nc(NCc1ccccc1)n2Cc1cccc2ccccc12. The number of anilines is 1. The predicted octanol–water partition coefficient (Wildman–Crippen LogP) is 3.24. The van der Waals surface area contributed by atoms with Crippen molar-refractivity contribution in [2.75, 3.05) is 5.32 Å². The van der Waals surface area contributed by atoms with E-state index < -0.39 is 11.2 Å². The minimum Gasteiger partial charge on any atom is -0.351 e. The Morgan fingerprint density at radius 3 is 2.52 bits per heavy atom. The number of benzene rings is 3. The number of aryl methyl sites for hydroxylation is 1. The second-order valence-corrected chi connectivity index (χ2v) is 7.49. The summed E-state index contributed by atoms with van der Waals surface area (Å²) in [4.78, 5) is 31.9. The summed E-state index contributed by atoms with van der Waals surface area (Å²) >= 11 is 0. The highest BCUT2D eigenvalue weighted by Crippen LogP contribution is 2.23. The van der Waals surface area contributed by atoms with Gasteiger partial charge < -0.3 is 5.32 Å². The molecule has 7 nitrogen and oxygen atoms in total. The summed E-state index contributed by atoms with van der Waals surface area (Å²) in [5.41, 5.74) is 1.94. The first-order chi connectivity index (χ1) is 15.1. The van der Waals surface area contributed by atoms with E-state index in [4.69, 9.17) is 0 Å². The zero-order valence-electron chi connectivity index (χ0n) is 17.0. The Morgan fingerprint density at radius 2 is 1.68 bits per heavy atom. The summed E-state index contributed by atoms with van der Waals surface area (Å²) in [5.74, 6) is 0.540. The van der Waals surface area contributed by atoms with E-state index in [0.717, 1.165) is 21.9 Å². The molecule has 5 aromatic rings. The van der Waals surface area contributed by atoms with Gasteiger partial charge >= 0.3 is 5.69 Å². The van der Waals surface area contributed by atoms with Crippen molar-refractivity contribution in [3.8, 4) is 0 Å². The number of H-pyrrole nitrogens is 1. The second-order valence-electron chi connectivity index (χ2n) is 7.49. The molecule has 0 aliphatic heterocycles. The number of fused-ring (bicyclic) bond motifs is 2. The number of nitrogens with zero attached hydrogens (tertiary/aromatic N) is 3. The number of hydrogen-bond donors (Lipinski definition) is 2. The zero-order chi connectivity index (χ0) is 21.4. The van der Waals surface area contributed by atoms with Gasteiger partial charge in [0.15, 0.2) is 11.2 Å². The van der Waals surface area contributed by atoms with Crippen LogP contribution < -0.4 is 16.6 Å². The molecule has 0 atom stereocenters. The van der Waals surface area contributed by atoms with Crippen molar-refractivity contribution in [2.24, 2.45) is 7.05 Å². The van der Waals surface area contributed by atoms with Crippen LogP contribution in [-0.2, 0) is 20.1 Å². The molecule has 0 amide bonds. The van der Waals surface area contributed by atoms with Crippen LogP contribution in [0.15, 0.2) is 82.4 Å². The fourth-order valence-corrected chi connectivity index (χ4v) is 3.90. The monoisotopic (exact) mass is 411 g/mol. The molecule has 2 aromatic heterocycles. The molecular weight excluding hydrogens is 390 g/mol. The highest BCUT2D eigenvalue weighted by molar-refractivity contribution is 5.86. The van der Waals surface area contributed by atoms with E-state index in [1.165, 1.54) is 4.57 Å². The highest BCUT2D eigenvalue weighted by atomic mass is 16.2. The number of imidazole rings is 1. The van der Waals surface area contributed by atoms with Gasteiger partial charge in [-0.05, 0) is 21.9 Å². The van der Waals surface area contributed by atoms with Crippen molar-refractivity contribution in [3.63, 3.8) is 0 Å². The van der Waals surface area contributed by atoms with E-state index in [1.54, 1.807) is 7.05 Å². The van der Waals surface area contributed by atoms with Crippen molar-refractivity contribution in [2.45, 2.75) is 13.1 Å². The molecule has 0 unspecified atom stereocenters. The van der Waals surface area contributed by atoms with Crippen LogP contribution >= 0.6 is 0 Å². The molecule has 2 heterocycles. The van der Waals surface area contributed by atoms with Gasteiger partial charge in [0, 0.05) is 13.6 Å². The number of rotatable bonds is 5. The van der Waals surface area contributed by atoms with Crippen LogP contribution in [0.3, 0.4) is 0 Å². The fourth-order valence-electron chi connectivity index (χ4n) is 3.90. The Bertz CT molecular complexity index is 1510. The molecule has 2 N–H and O–H groups in total. The van der Waals surface area contributed by atoms with Gasteiger partial charge in [-0.2, -0.15) is 4.98 Å². The standard InChI is InChI=1S/C24H21N5O2/c1-28-21-20(22(30)27-24(28)31)29(23(26-21)25-14-16-8-3-2-4-9-16)15-18-12-7-11-17-10-5-6-13-19(17)18/h2-13H,14-15H2,1H3,(H,25,26)(H,27,30,31). The minimum absolute atomic E-state index is 0.351. The van der Waals surface area contributed by atoms with Crippen LogP contribution in [-0.4, -0.2) is 19.1 Å². The predicted molar refractivity (Wildman–Crippen MR) is 122 cm³/mol. The fraction of sp³-hybridized carbons (Fsp3) is 0.125. The third-order valence-electron chi connectivity index (χ3n) is 5.51. The number of nitrogens with one attached hydrogen (secondary N) is 2. The molecule has 5 rings (SSSR count). The van der Waals surface area contributed by atoms with Crippen LogP contribution in [0.5, 0.6) is 0 Å². The van der Waals surface area contributed by atoms with Gasteiger partial charge in [-0.3, -0.25) is 18.9 Å². The smallest absolute Gasteiger partial charge is 0.329 e. The molecular formula is C24H21N5O2. The molecule has 0 aliphatic carbocycles. The average Bonchev–Trinajstić information content (AvgIpc) is 3.16. The van der Waals surface area contributed by atoms with E-state index in [1.807, 2.05) is 59.2 Å². The molecule has 0 aliphatic rings. The lowest BCUT2D eigenvalue weighted by molar-refractivity contribution is 0.809. The van der Waals surface area contributed by atoms with Gasteiger partial charge in [-0.1, -0.05) is 72.8 Å². The van der Waals surface area contributed by atoms with Gasteiger partial charge in [0.1, 0.15) is 0 Å². The molecule has 0 bridgehead atoms. The quantitative estimate of drug-likeness (QED) is 0.465. The molecule has 0 saturated heterocycles. The summed E-state index contributed by atoms with van der Waals surface area (Å²) in [6.07, 6.45) is 0. The lowest BCUT2D eigenvalue weighted by atomic mass is 10.0. The van der Waals surface area contributed by atoms with Crippen LogP contribution in [0.4, 0.5) is 5.95 Å². The molecule has 31 heavy (non-hydrogen) atoms. The number of aromatic nitrogens is 4. The van der Waals surface area contributed by atoms with Crippen molar-refractivity contribution in [1.29, 1.82) is 0 Å². The molecule has 154 valence electrons.